The lowest BCUT2D eigenvalue weighted by Crippen LogP contribution is -2.08. The van der Waals surface area contributed by atoms with Gasteiger partial charge in [0.1, 0.15) is 0 Å². The van der Waals surface area contributed by atoms with Crippen LogP contribution in [0.2, 0.25) is 0 Å². The lowest BCUT2D eigenvalue weighted by molar-refractivity contribution is 0.961. The Morgan fingerprint density at radius 3 is 2.56 bits per heavy atom. The number of aromatic nitrogens is 2. The first kappa shape index (κ1) is 12.6. The molecule has 0 aliphatic heterocycles. The molecule has 1 N–H and O–H groups in total. The van der Waals surface area contributed by atoms with Crippen LogP contribution in [0.15, 0.2) is 40.0 Å². The smallest absolute Gasteiger partial charge is 0.264 e. The predicted octanol–water partition coefficient (Wildman–Crippen LogP) is 2.97. The molecule has 0 bridgehead atoms. The predicted molar refractivity (Wildman–Crippen MR) is 76.7 cm³/mol. The molecule has 0 radical (unpaired) electrons. The fraction of sp³-hybridized carbons (Fsp3) is 0.143. The Morgan fingerprint density at radius 1 is 1.22 bits per heavy atom. The highest BCUT2D eigenvalue weighted by Crippen LogP contribution is 2.16. The summed E-state index contributed by atoms with van der Waals surface area (Å²) in [6, 6.07) is 9.82. The monoisotopic (exact) mass is 258 g/mol. The molecule has 2 aromatic rings. The van der Waals surface area contributed by atoms with Crippen molar-refractivity contribution >= 4 is 23.9 Å². The first-order chi connectivity index (χ1) is 8.69. The van der Waals surface area contributed by atoms with E-state index in [1.807, 2.05) is 19.1 Å². The average Bonchev–Trinajstić information content (AvgIpc) is 2.38. The van der Waals surface area contributed by atoms with Crippen molar-refractivity contribution in [2.24, 2.45) is 0 Å². The second-order valence-corrected chi connectivity index (χ2v) is 4.79. The van der Waals surface area contributed by atoms with Gasteiger partial charge in [-0.1, -0.05) is 18.2 Å². The van der Waals surface area contributed by atoms with E-state index in [1.165, 1.54) is 4.90 Å². The van der Waals surface area contributed by atoms with Crippen molar-refractivity contribution in [1.82, 2.24) is 10.2 Å². The van der Waals surface area contributed by atoms with E-state index >= 15 is 0 Å². The summed E-state index contributed by atoms with van der Waals surface area (Å²) in [5, 5.41) is 6.43. The summed E-state index contributed by atoms with van der Waals surface area (Å²) >= 11 is 1.72. The zero-order chi connectivity index (χ0) is 13.0. The maximum atomic E-state index is 11.0. The van der Waals surface area contributed by atoms with Gasteiger partial charge in [-0.05, 0) is 42.5 Å². The number of nitrogens with one attached hydrogen (secondary N) is 1. The molecule has 92 valence electrons. The number of H-pyrrole nitrogens is 1. The number of hydrogen-bond donors (Lipinski definition) is 1. The molecule has 0 spiro atoms. The van der Waals surface area contributed by atoms with Gasteiger partial charge in [-0.25, -0.2) is 5.10 Å². The molecular formula is C14H14N2OS. The van der Waals surface area contributed by atoms with E-state index in [-0.39, 0.29) is 5.56 Å². The van der Waals surface area contributed by atoms with Gasteiger partial charge in [0.15, 0.2) is 0 Å². The van der Waals surface area contributed by atoms with Crippen molar-refractivity contribution in [3.8, 4) is 0 Å². The van der Waals surface area contributed by atoms with E-state index in [4.69, 9.17) is 0 Å². The molecule has 3 nitrogen and oxygen atoms in total. The third-order valence-corrected chi connectivity index (χ3v) is 3.33. The molecule has 2 rings (SSSR count). The minimum atomic E-state index is -0.172. The van der Waals surface area contributed by atoms with E-state index in [0.717, 1.165) is 16.8 Å². The molecule has 1 heterocycles. The van der Waals surface area contributed by atoms with Gasteiger partial charge >= 0.3 is 0 Å². The van der Waals surface area contributed by atoms with Gasteiger partial charge in [0.25, 0.3) is 5.56 Å². The second-order valence-electron chi connectivity index (χ2n) is 3.91. The first-order valence-electron chi connectivity index (χ1n) is 5.57. The molecular weight excluding hydrogens is 244 g/mol. The van der Waals surface area contributed by atoms with Gasteiger partial charge in [-0.3, -0.25) is 4.79 Å². The van der Waals surface area contributed by atoms with Crippen molar-refractivity contribution in [2.45, 2.75) is 11.8 Å². The van der Waals surface area contributed by atoms with Crippen molar-refractivity contribution in [1.29, 1.82) is 0 Å². The molecule has 0 aliphatic rings. The number of benzene rings is 1. The lowest BCUT2D eigenvalue weighted by Gasteiger charge is -1.98. The molecule has 0 saturated carbocycles. The van der Waals surface area contributed by atoms with Crippen LogP contribution in [0.4, 0.5) is 0 Å². The Kier molecular flexibility index (Phi) is 3.99. The Bertz CT molecular complexity index is 614. The van der Waals surface area contributed by atoms with Crippen LogP contribution in [0.3, 0.4) is 0 Å². The van der Waals surface area contributed by atoms with Crippen LogP contribution in [0.5, 0.6) is 0 Å². The van der Waals surface area contributed by atoms with E-state index in [2.05, 4.69) is 40.7 Å². The Morgan fingerprint density at radius 2 is 1.94 bits per heavy atom. The zero-order valence-corrected chi connectivity index (χ0v) is 11.1. The molecule has 0 unspecified atom stereocenters. The number of rotatable bonds is 3. The molecule has 0 fully saturated rings. The van der Waals surface area contributed by atoms with Crippen LogP contribution in [0.25, 0.3) is 12.2 Å². The van der Waals surface area contributed by atoms with E-state index in [0.29, 0.717) is 0 Å². The number of aromatic amines is 1. The molecule has 1 aromatic carbocycles. The molecule has 0 saturated heterocycles. The highest BCUT2D eigenvalue weighted by molar-refractivity contribution is 7.98. The fourth-order valence-corrected chi connectivity index (χ4v) is 1.97. The van der Waals surface area contributed by atoms with Gasteiger partial charge in [-0.15, -0.1) is 11.8 Å². The van der Waals surface area contributed by atoms with Crippen LogP contribution in [0.1, 0.15) is 16.8 Å². The standard InChI is InChI=1S/C14H14N2OS/c1-10-9-14(17)16-15-13(10)8-5-11-3-6-12(18-2)7-4-11/h3-9H,1-2H3,(H,16,17)/b8-5+. The van der Waals surface area contributed by atoms with Crippen LogP contribution in [-0.2, 0) is 0 Å². The van der Waals surface area contributed by atoms with Gasteiger partial charge in [0.2, 0.25) is 0 Å². The zero-order valence-electron chi connectivity index (χ0n) is 10.3. The van der Waals surface area contributed by atoms with Crippen LogP contribution in [0, 0.1) is 6.92 Å². The maximum absolute atomic E-state index is 11.0. The van der Waals surface area contributed by atoms with Crippen LogP contribution in [-0.4, -0.2) is 16.5 Å². The van der Waals surface area contributed by atoms with E-state index < -0.39 is 0 Å². The van der Waals surface area contributed by atoms with Crippen LogP contribution < -0.4 is 5.56 Å². The van der Waals surface area contributed by atoms with E-state index in [9.17, 15) is 4.79 Å². The quantitative estimate of drug-likeness (QED) is 0.861. The average molecular weight is 258 g/mol. The summed E-state index contributed by atoms with van der Waals surface area (Å²) in [7, 11) is 0. The highest BCUT2D eigenvalue weighted by atomic mass is 32.2. The second kappa shape index (κ2) is 5.69. The molecule has 1 aromatic heterocycles. The molecule has 4 heteroatoms. The number of nitrogens with zero attached hydrogens (tertiary/aromatic N) is 1. The SMILES string of the molecule is CSc1ccc(/C=C/c2n[nH]c(=O)cc2C)cc1. The van der Waals surface area contributed by atoms with Crippen molar-refractivity contribution in [3.05, 3.63) is 57.5 Å². The van der Waals surface area contributed by atoms with Crippen molar-refractivity contribution in [3.63, 3.8) is 0 Å². The number of hydrogen-bond acceptors (Lipinski definition) is 3. The normalized spacial score (nSPS) is 11.0. The van der Waals surface area contributed by atoms with Gasteiger partial charge in [-0.2, -0.15) is 5.10 Å². The molecule has 18 heavy (non-hydrogen) atoms. The molecule has 0 amide bonds. The summed E-state index contributed by atoms with van der Waals surface area (Å²) in [6.07, 6.45) is 5.94. The van der Waals surface area contributed by atoms with Gasteiger partial charge in [0, 0.05) is 11.0 Å². The Hall–Kier alpha value is -1.81. The summed E-state index contributed by atoms with van der Waals surface area (Å²) < 4.78 is 0. The maximum Gasteiger partial charge on any atom is 0.264 e. The van der Waals surface area contributed by atoms with Gasteiger partial charge in [0.05, 0.1) is 5.69 Å². The lowest BCUT2D eigenvalue weighted by atomic mass is 10.1. The minimum absolute atomic E-state index is 0.172. The number of thioether (sulfide) groups is 1. The molecule has 0 aliphatic carbocycles. The summed E-state index contributed by atoms with van der Waals surface area (Å²) in [6.45, 7) is 1.87. The Balaban J connectivity index is 2.21. The first-order valence-corrected chi connectivity index (χ1v) is 6.80. The largest absolute Gasteiger partial charge is 0.268 e. The molecule has 0 atom stereocenters. The van der Waals surface area contributed by atoms with Crippen LogP contribution >= 0.6 is 11.8 Å². The Labute approximate surface area is 110 Å². The minimum Gasteiger partial charge on any atom is -0.268 e. The highest BCUT2D eigenvalue weighted by Gasteiger charge is 1.96. The third-order valence-electron chi connectivity index (χ3n) is 2.59. The van der Waals surface area contributed by atoms with E-state index in [1.54, 1.807) is 17.8 Å². The van der Waals surface area contributed by atoms with Gasteiger partial charge < -0.3 is 0 Å². The van der Waals surface area contributed by atoms with Crippen molar-refractivity contribution < 1.29 is 0 Å². The summed E-state index contributed by atoms with van der Waals surface area (Å²) in [5.41, 5.74) is 2.59. The number of aryl methyl sites for hydroxylation is 1. The summed E-state index contributed by atoms with van der Waals surface area (Å²) in [4.78, 5) is 12.3. The fourth-order valence-electron chi connectivity index (χ4n) is 1.57. The topological polar surface area (TPSA) is 45.8 Å². The summed E-state index contributed by atoms with van der Waals surface area (Å²) in [5.74, 6) is 0. The third kappa shape index (κ3) is 3.11. The van der Waals surface area contributed by atoms with Crippen molar-refractivity contribution in [2.75, 3.05) is 6.26 Å².